The summed E-state index contributed by atoms with van der Waals surface area (Å²) in [7, 11) is 0. The zero-order chi connectivity index (χ0) is 13.9. The van der Waals surface area contributed by atoms with Crippen LogP contribution in [0, 0.1) is 0 Å². The topological polar surface area (TPSA) is 26.3 Å². The molecule has 0 amide bonds. The highest BCUT2D eigenvalue weighted by atomic mass is 16.5. The zero-order valence-electron chi connectivity index (χ0n) is 11.2. The standard InChI is InChI=1S/C18H14O2/c1-13(19)20-18-10-8-15(9-11-18)17-7-6-14-4-2-3-5-16(14)12-17/h2-12H,1H3. The van der Waals surface area contributed by atoms with Crippen molar-refractivity contribution in [3.63, 3.8) is 0 Å². The normalized spacial score (nSPS) is 10.4. The summed E-state index contributed by atoms with van der Waals surface area (Å²) in [5.74, 6) is 0.269. The van der Waals surface area contributed by atoms with Gasteiger partial charge in [-0.3, -0.25) is 4.79 Å². The number of hydrogen-bond acceptors (Lipinski definition) is 2. The van der Waals surface area contributed by atoms with Gasteiger partial charge < -0.3 is 4.74 Å². The average Bonchev–Trinajstić information content (AvgIpc) is 2.47. The van der Waals surface area contributed by atoms with Gasteiger partial charge in [0.05, 0.1) is 0 Å². The Hall–Kier alpha value is -2.61. The molecule has 0 spiro atoms. The lowest BCUT2D eigenvalue weighted by molar-refractivity contribution is -0.131. The van der Waals surface area contributed by atoms with Crippen molar-refractivity contribution >= 4 is 16.7 Å². The van der Waals surface area contributed by atoms with Crippen LogP contribution in [-0.4, -0.2) is 5.97 Å². The fourth-order valence-electron chi connectivity index (χ4n) is 2.25. The fraction of sp³-hybridized carbons (Fsp3) is 0.0556. The molecule has 0 aliphatic carbocycles. The van der Waals surface area contributed by atoms with Gasteiger partial charge in [0.2, 0.25) is 0 Å². The van der Waals surface area contributed by atoms with E-state index in [1.54, 1.807) is 0 Å². The Morgan fingerprint density at radius 2 is 1.45 bits per heavy atom. The number of hydrogen-bond donors (Lipinski definition) is 0. The van der Waals surface area contributed by atoms with E-state index in [1.165, 1.54) is 17.7 Å². The molecule has 0 radical (unpaired) electrons. The highest BCUT2D eigenvalue weighted by Crippen LogP contribution is 2.26. The van der Waals surface area contributed by atoms with Crippen LogP contribution in [0.4, 0.5) is 0 Å². The molecule has 0 atom stereocenters. The summed E-state index contributed by atoms with van der Waals surface area (Å²) in [4.78, 5) is 10.9. The second-order valence-corrected chi connectivity index (χ2v) is 4.68. The van der Waals surface area contributed by atoms with Gasteiger partial charge in [0.1, 0.15) is 5.75 Å². The maximum atomic E-state index is 10.9. The van der Waals surface area contributed by atoms with Gasteiger partial charge in [-0.25, -0.2) is 0 Å². The molecule has 20 heavy (non-hydrogen) atoms. The first kappa shape index (κ1) is 12.4. The van der Waals surface area contributed by atoms with Crippen molar-refractivity contribution in [3.8, 4) is 16.9 Å². The molecule has 0 N–H and O–H groups in total. The second-order valence-electron chi connectivity index (χ2n) is 4.68. The Morgan fingerprint density at radius 3 is 2.15 bits per heavy atom. The van der Waals surface area contributed by atoms with E-state index in [0.29, 0.717) is 5.75 Å². The van der Waals surface area contributed by atoms with E-state index >= 15 is 0 Å². The van der Waals surface area contributed by atoms with Gasteiger partial charge in [0.15, 0.2) is 0 Å². The Balaban J connectivity index is 1.96. The summed E-state index contributed by atoms with van der Waals surface area (Å²) in [5, 5.41) is 2.45. The molecule has 0 fully saturated rings. The molecule has 0 saturated carbocycles. The maximum Gasteiger partial charge on any atom is 0.308 e. The number of rotatable bonds is 2. The van der Waals surface area contributed by atoms with Crippen molar-refractivity contribution in [1.29, 1.82) is 0 Å². The number of carbonyl (C=O) groups excluding carboxylic acids is 1. The highest BCUT2D eigenvalue weighted by Gasteiger charge is 2.01. The minimum atomic E-state index is -0.302. The Kier molecular flexibility index (Phi) is 3.21. The van der Waals surface area contributed by atoms with Crippen LogP contribution in [0.5, 0.6) is 5.75 Å². The van der Waals surface area contributed by atoms with Crippen molar-refractivity contribution in [2.24, 2.45) is 0 Å². The van der Waals surface area contributed by atoms with Gasteiger partial charge in [-0.15, -0.1) is 0 Å². The summed E-state index contributed by atoms with van der Waals surface area (Å²) < 4.78 is 5.04. The molecule has 2 nitrogen and oxygen atoms in total. The smallest absolute Gasteiger partial charge is 0.308 e. The van der Waals surface area contributed by atoms with Crippen LogP contribution in [0.1, 0.15) is 6.92 Å². The van der Waals surface area contributed by atoms with Crippen molar-refractivity contribution in [2.45, 2.75) is 6.92 Å². The van der Waals surface area contributed by atoms with E-state index in [1.807, 2.05) is 36.4 Å². The van der Waals surface area contributed by atoms with Crippen LogP contribution >= 0.6 is 0 Å². The van der Waals surface area contributed by atoms with Gasteiger partial charge in [0.25, 0.3) is 0 Å². The Morgan fingerprint density at radius 1 is 0.800 bits per heavy atom. The predicted octanol–water partition coefficient (Wildman–Crippen LogP) is 4.43. The summed E-state index contributed by atoms with van der Waals surface area (Å²) in [5.41, 5.74) is 2.25. The van der Waals surface area contributed by atoms with E-state index in [4.69, 9.17) is 4.74 Å². The first-order chi connectivity index (χ1) is 9.72. The minimum Gasteiger partial charge on any atom is -0.427 e. The molecular weight excluding hydrogens is 248 g/mol. The summed E-state index contributed by atoms with van der Waals surface area (Å²) in [6, 6.07) is 22.2. The highest BCUT2D eigenvalue weighted by molar-refractivity contribution is 5.87. The lowest BCUT2D eigenvalue weighted by Crippen LogP contribution is -2.00. The summed E-state index contributed by atoms with van der Waals surface area (Å²) >= 11 is 0. The van der Waals surface area contributed by atoms with Crippen LogP contribution in [0.3, 0.4) is 0 Å². The molecular formula is C18H14O2. The average molecular weight is 262 g/mol. The largest absolute Gasteiger partial charge is 0.427 e. The third kappa shape index (κ3) is 2.54. The Bertz CT molecular complexity index is 758. The predicted molar refractivity (Wildman–Crippen MR) is 80.7 cm³/mol. The maximum absolute atomic E-state index is 10.9. The van der Waals surface area contributed by atoms with Crippen molar-refractivity contribution in [2.75, 3.05) is 0 Å². The third-order valence-electron chi connectivity index (χ3n) is 3.20. The molecule has 0 aromatic heterocycles. The minimum absolute atomic E-state index is 0.302. The van der Waals surface area contributed by atoms with Crippen LogP contribution in [0.25, 0.3) is 21.9 Å². The molecule has 3 aromatic rings. The monoisotopic (exact) mass is 262 g/mol. The number of fused-ring (bicyclic) bond motifs is 1. The van der Waals surface area contributed by atoms with Crippen LogP contribution in [-0.2, 0) is 4.79 Å². The van der Waals surface area contributed by atoms with E-state index in [2.05, 4.69) is 30.3 Å². The van der Waals surface area contributed by atoms with Gasteiger partial charge in [0, 0.05) is 6.92 Å². The molecule has 3 aromatic carbocycles. The third-order valence-corrected chi connectivity index (χ3v) is 3.20. The SMILES string of the molecule is CC(=O)Oc1ccc(-c2ccc3ccccc3c2)cc1. The van der Waals surface area contributed by atoms with Crippen LogP contribution < -0.4 is 4.74 Å². The number of ether oxygens (including phenoxy) is 1. The zero-order valence-corrected chi connectivity index (χ0v) is 11.2. The van der Waals surface area contributed by atoms with Crippen molar-refractivity contribution < 1.29 is 9.53 Å². The van der Waals surface area contributed by atoms with Crippen LogP contribution in [0.2, 0.25) is 0 Å². The number of carbonyl (C=O) groups is 1. The van der Waals surface area contributed by atoms with E-state index in [9.17, 15) is 4.79 Å². The number of benzene rings is 3. The molecule has 98 valence electrons. The molecule has 0 unspecified atom stereocenters. The van der Waals surface area contributed by atoms with E-state index in [0.717, 1.165) is 11.1 Å². The van der Waals surface area contributed by atoms with Gasteiger partial charge in [-0.2, -0.15) is 0 Å². The molecule has 0 aliphatic rings. The van der Waals surface area contributed by atoms with E-state index in [-0.39, 0.29) is 5.97 Å². The molecule has 0 aliphatic heterocycles. The van der Waals surface area contributed by atoms with Gasteiger partial charge in [-0.1, -0.05) is 48.5 Å². The summed E-state index contributed by atoms with van der Waals surface area (Å²) in [6.45, 7) is 1.40. The lowest BCUT2D eigenvalue weighted by atomic mass is 10.0. The van der Waals surface area contributed by atoms with E-state index < -0.39 is 0 Å². The summed E-state index contributed by atoms with van der Waals surface area (Å²) in [6.07, 6.45) is 0. The molecule has 3 rings (SSSR count). The molecule has 0 heterocycles. The van der Waals surface area contributed by atoms with Crippen molar-refractivity contribution in [1.82, 2.24) is 0 Å². The van der Waals surface area contributed by atoms with Gasteiger partial charge in [-0.05, 0) is 40.1 Å². The molecule has 0 bridgehead atoms. The molecule has 2 heteroatoms. The first-order valence-corrected chi connectivity index (χ1v) is 6.50. The quantitative estimate of drug-likeness (QED) is 0.504. The second kappa shape index (κ2) is 5.17. The van der Waals surface area contributed by atoms with Gasteiger partial charge >= 0.3 is 5.97 Å². The fourth-order valence-corrected chi connectivity index (χ4v) is 2.25. The Labute approximate surface area is 117 Å². The number of esters is 1. The lowest BCUT2D eigenvalue weighted by Gasteiger charge is -2.06. The van der Waals surface area contributed by atoms with Crippen LogP contribution in [0.15, 0.2) is 66.7 Å². The first-order valence-electron chi connectivity index (χ1n) is 6.50. The van der Waals surface area contributed by atoms with Crippen molar-refractivity contribution in [3.05, 3.63) is 66.7 Å². The molecule has 0 saturated heterocycles.